The summed E-state index contributed by atoms with van der Waals surface area (Å²) in [6.07, 6.45) is 1.47. The highest BCUT2D eigenvalue weighted by Gasteiger charge is 2.17. The molecule has 0 fully saturated rings. The number of anilines is 1. The first-order valence-corrected chi connectivity index (χ1v) is 9.25. The molecule has 3 aromatic rings. The number of benzene rings is 2. The monoisotopic (exact) mass is 409 g/mol. The Labute approximate surface area is 171 Å². The third-order valence-corrected chi connectivity index (χ3v) is 4.51. The van der Waals surface area contributed by atoms with E-state index in [0.717, 1.165) is 0 Å². The molecular formula is C21H19N3O6. The van der Waals surface area contributed by atoms with Gasteiger partial charge in [-0.3, -0.25) is 19.7 Å². The Morgan fingerprint density at radius 3 is 2.43 bits per heavy atom. The highest BCUT2D eigenvalue weighted by molar-refractivity contribution is 6.05. The Balaban J connectivity index is 1.98. The number of hydrogen-bond donors (Lipinski definition) is 1. The fraction of sp³-hybridized carbons (Fsp3) is 0.190. The number of rotatable bonds is 6. The molecule has 0 aliphatic heterocycles. The maximum absolute atomic E-state index is 12.8. The van der Waals surface area contributed by atoms with Crippen molar-refractivity contribution < 1.29 is 19.2 Å². The predicted octanol–water partition coefficient (Wildman–Crippen LogP) is 3.36. The molecule has 1 N–H and O–H groups in total. The molecule has 9 nitrogen and oxygen atoms in total. The van der Waals surface area contributed by atoms with Gasteiger partial charge in [0.2, 0.25) is 5.43 Å². The molecule has 1 aromatic heterocycles. The summed E-state index contributed by atoms with van der Waals surface area (Å²) in [6.45, 7) is 4.21. The van der Waals surface area contributed by atoms with E-state index < -0.39 is 22.2 Å². The number of carbonyl (C=O) groups is 2. The Morgan fingerprint density at radius 2 is 1.83 bits per heavy atom. The molecule has 0 aliphatic carbocycles. The molecule has 1 heterocycles. The average Bonchev–Trinajstić information content (AvgIpc) is 2.74. The second-order valence-electron chi connectivity index (χ2n) is 6.37. The standard InChI is InChI=1S/C21H19N3O6/c1-3-23-12-17(21(27)30-4-2)19(25)16-11-14(7-10-18(16)23)22-20(26)13-5-8-15(9-6-13)24(28)29/h5-12H,3-4H2,1-2H3,(H,22,26). The molecule has 1 amide bonds. The number of fused-ring (bicyclic) bond motifs is 1. The van der Waals surface area contributed by atoms with E-state index in [9.17, 15) is 24.5 Å². The van der Waals surface area contributed by atoms with Gasteiger partial charge in [0, 0.05) is 41.5 Å². The lowest BCUT2D eigenvalue weighted by atomic mass is 10.1. The number of non-ortho nitro benzene ring substituents is 1. The number of carbonyl (C=O) groups excluding carboxylic acids is 2. The molecule has 0 unspecified atom stereocenters. The number of ether oxygens (including phenoxy) is 1. The van der Waals surface area contributed by atoms with Crippen LogP contribution in [-0.4, -0.2) is 28.0 Å². The summed E-state index contributed by atoms with van der Waals surface area (Å²) in [4.78, 5) is 47.6. The van der Waals surface area contributed by atoms with Crippen molar-refractivity contribution in [2.75, 3.05) is 11.9 Å². The van der Waals surface area contributed by atoms with Crippen LogP contribution in [-0.2, 0) is 11.3 Å². The summed E-state index contributed by atoms with van der Waals surface area (Å²) in [6, 6.07) is 9.98. The molecule has 30 heavy (non-hydrogen) atoms. The second kappa shape index (κ2) is 8.56. The van der Waals surface area contributed by atoms with Crippen LogP contribution < -0.4 is 10.7 Å². The lowest BCUT2D eigenvalue weighted by Gasteiger charge is -2.13. The van der Waals surface area contributed by atoms with Crippen LogP contribution in [0.1, 0.15) is 34.6 Å². The first-order valence-electron chi connectivity index (χ1n) is 9.25. The normalized spacial score (nSPS) is 10.6. The van der Waals surface area contributed by atoms with E-state index in [4.69, 9.17) is 4.74 Å². The fourth-order valence-electron chi connectivity index (χ4n) is 3.03. The zero-order valence-corrected chi connectivity index (χ0v) is 16.4. The van der Waals surface area contributed by atoms with Crippen molar-refractivity contribution in [1.82, 2.24) is 4.57 Å². The van der Waals surface area contributed by atoms with Crippen molar-refractivity contribution in [2.45, 2.75) is 20.4 Å². The predicted molar refractivity (Wildman–Crippen MR) is 111 cm³/mol. The minimum absolute atomic E-state index is 0.0787. The lowest BCUT2D eigenvalue weighted by Crippen LogP contribution is -2.21. The molecule has 9 heteroatoms. The van der Waals surface area contributed by atoms with Gasteiger partial charge < -0.3 is 14.6 Å². The van der Waals surface area contributed by atoms with Crippen LogP contribution in [0.2, 0.25) is 0 Å². The zero-order valence-electron chi connectivity index (χ0n) is 16.4. The summed E-state index contributed by atoms with van der Waals surface area (Å²) >= 11 is 0. The van der Waals surface area contributed by atoms with Crippen LogP contribution in [0, 0.1) is 10.1 Å². The minimum atomic E-state index is -0.702. The largest absolute Gasteiger partial charge is 0.462 e. The van der Waals surface area contributed by atoms with Crippen LogP contribution in [0.3, 0.4) is 0 Å². The highest BCUT2D eigenvalue weighted by atomic mass is 16.6. The molecular weight excluding hydrogens is 390 g/mol. The van der Waals surface area contributed by atoms with Gasteiger partial charge in [0.1, 0.15) is 5.56 Å². The lowest BCUT2D eigenvalue weighted by molar-refractivity contribution is -0.384. The average molecular weight is 409 g/mol. The van der Waals surface area contributed by atoms with E-state index in [0.29, 0.717) is 17.7 Å². The molecule has 0 spiro atoms. The van der Waals surface area contributed by atoms with E-state index in [1.165, 1.54) is 36.5 Å². The third-order valence-electron chi connectivity index (χ3n) is 4.51. The molecule has 0 radical (unpaired) electrons. The van der Waals surface area contributed by atoms with Gasteiger partial charge in [-0.25, -0.2) is 4.79 Å². The van der Waals surface area contributed by atoms with Gasteiger partial charge in [0.05, 0.1) is 17.0 Å². The second-order valence-corrected chi connectivity index (χ2v) is 6.37. The fourth-order valence-corrected chi connectivity index (χ4v) is 3.03. The first-order chi connectivity index (χ1) is 14.3. The molecule has 0 aliphatic rings. The van der Waals surface area contributed by atoms with Crippen LogP contribution in [0.4, 0.5) is 11.4 Å². The SMILES string of the molecule is CCOC(=O)c1cn(CC)c2ccc(NC(=O)c3ccc([N+](=O)[O-])cc3)cc2c1=O. The summed E-state index contributed by atoms with van der Waals surface area (Å²) in [5, 5.41) is 13.7. The number of nitro groups is 1. The summed E-state index contributed by atoms with van der Waals surface area (Å²) in [7, 11) is 0. The first kappa shape index (κ1) is 20.7. The van der Waals surface area contributed by atoms with Crippen LogP contribution in [0.15, 0.2) is 53.5 Å². The van der Waals surface area contributed by atoms with Gasteiger partial charge in [0.25, 0.3) is 11.6 Å². The van der Waals surface area contributed by atoms with Crippen molar-refractivity contribution in [1.29, 1.82) is 0 Å². The van der Waals surface area contributed by atoms with Gasteiger partial charge in [-0.15, -0.1) is 0 Å². The van der Waals surface area contributed by atoms with Gasteiger partial charge >= 0.3 is 5.97 Å². The molecule has 0 atom stereocenters. The van der Waals surface area contributed by atoms with Crippen molar-refractivity contribution in [2.24, 2.45) is 0 Å². The maximum atomic E-state index is 12.8. The van der Waals surface area contributed by atoms with Gasteiger partial charge in [-0.1, -0.05) is 0 Å². The molecule has 0 saturated heterocycles. The molecule has 0 bridgehead atoms. The minimum Gasteiger partial charge on any atom is -0.462 e. The van der Waals surface area contributed by atoms with E-state index in [1.807, 2.05) is 6.92 Å². The number of nitro benzene ring substituents is 1. The van der Waals surface area contributed by atoms with E-state index in [-0.39, 0.29) is 28.8 Å². The zero-order chi connectivity index (χ0) is 21.8. The molecule has 2 aromatic carbocycles. The van der Waals surface area contributed by atoms with Gasteiger partial charge in [-0.05, 0) is 44.2 Å². The van der Waals surface area contributed by atoms with Crippen molar-refractivity contribution >= 4 is 34.2 Å². The summed E-state index contributed by atoms with van der Waals surface area (Å²) in [5.41, 5.74) is 0.510. The summed E-state index contributed by atoms with van der Waals surface area (Å²) in [5.74, 6) is -1.19. The van der Waals surface area contributed by atoms with Crippen LogP contribution in [0.25, 0.3) is 10.9 Å². The van der Waals surface area contributed by atoms with Crippen molar-refractivity contribution in [3.05, 3.63) is 80.1 Å². The Kier molecular flexibility index (Phi) is 5.91. The van der Waals surface area contributed by atoms with E-state index >= 15 is 0 Å². The number of esters is 1. The Morgan fingerprint density at radius 1 is 1.13 bits per heavy atom. The molecule has 0 saturated carbocycles. The number of hydrogen-bond acceptors (Lipinski definition) is 6. The van der Waals surface area contributed by atoms with Crippen LogP contribution in [0.5, 0.6) is 0 Å². The van der Waals surface area contributed by atoms with E-state index in [1.54, 1.807) is 23.6 Å². The molecule has 3 rings (SSSR count). The van der Waals surface area contributed by atoms with Crippen molar-refractivity contribution in [3.8, 4) is 0 Å². The quantitative estimate of drug-likeness (QED) is 0.379. The van der Waals surface area contributed by atoms with Crippen molar-refractivity contribution in [3.63, 3.8) is 0 Å². The number of nitrogens with one attached hydrogen (secondary N) is 1. The number of nitrogens with zero attached hydrogens (tertiary/aromatic N) is 2. The van der Waals surface area contributed by atoms with Gasteiger partial charge in [-0.2, -0.15) is 0 Å². The highest BCUT2D eigenvalue weighted by Crippen LogP contribution is 2.20. The van der Waals surface area contributed by atoms with Gasteiger partial charge in [0.15, 0.2) is 0 Å². The Hall–Kier alpha value is -4.01. The number of pyridine rings is 1. The Bertz CT molecular complexity index is 1200. The smallest absolute Gasteiger partial charge is 0.343 e. The number of amides is 1. The van der Waals surface area contributed by atoms with E-state index in [2.05, 4.69) is 5.32 Å². The topological polar surface area (TPSA) is 121 Å². The van der Waals surface area contributed by atoms with Crippen LogP contribution >= 0.6 is 0 Å². The molecule has 154 valence electrons. The number of aryl methyl sites for hydroxylation is 1. The maximum Gasteiger partial charge on any atom is 0.343 e. The third kappa shape index (κ3) is 4.04. The summed E-state index contributed by atoms with van der Waals surface area (Å²) < 4.78 is 6.72. The number of aromatic nitrogens is 1.